The predicted octanol–water partition coefficient (Wildman–Crippen LogP) is 6.72. The second kappa shape index (κ2) is 15.5. The molecule has 0 radical (unpaired) electrons. The zero-order valence-electron chi connectivity index (χ0n) is 29.0. The average Bonchev–Trinajstić information content (AvgIpc) is 3.06. The molecule has 10 nitrogen and oxygen atoms in total. The van der Waals surface area contributed by atoms with Gasteiger partial charge in [-0.15, -0.1) is 0 Å². The molecule has 4 rings (SSSR count). The molecule has 0 unspecified atom stereocenters. The smallest absolute Gasteiger partial charge is 0.206 e. The van der Waals surface area contributed by atoms with Crippen LogP contribution in [0.1, 0.15) is 61.8 Å². The first kappa shape index (κ1) is 39.4. The normalized spacial score (nSPS) is 14.2. The van der Waals surface area contributed by atoms with Gasteiger partial charge in [0.1, 0.15) is 0 Å². The summed E-state index contributed by atoms with van der Waals surface area (Å²) in [5.74, 6) is 0. The Morgan fingerprint density at radius 3 is 0.880 bits per heavy atom. The number of aryl methyl sites for hydroxylation is 4. The van der Waals surface area contributed by atoms with E-state index >= 15 is 0 Å². The van der Waals surface area contributed by atoms with Gasteiger partial charge in [0.2, 0.25) is 0 Å². The largest absolute Gasteiger partial charge is 0.256 e. The van der Waals surface area contributed by atoms with Crippen LogP contribution in [0.25, 0.3) is 0 Å². The van der Waals surface area contributed by atoms with Crippen molar-refractivity contribution in [3.8, 4) is 0 Å². The summed E-state index contributed by atoms with van der Waals surface area (Å²) in [6, 6.07) is 19.1. The first-order valence-corrected chi connectivity index (χ1v) is 22.0. The van der Waals surface area contributed by atoms with Gasteiger partial charge in [0.15, 0.2) is 0 Å². The minimum Gasteiger partial charge on any atom is -0.206 e. The van der Waals surface area contributed by atoms with Crippen LogP contribution in [0.15, 0.2) is 117 Å². The lowest BCUT2D eigenvalue weighted by atomic mass is 10.0. The third kappa shape index (κ3) is 8.05. The van der Waals surface area contributed by atoms with Gasteiger partial charge in [-0.1, -0.05) is 105 Å². The molecule has 0 aromatic heterocycles. The molecular weight excluding hydrogens is 717 g/mol. The monoisotopic (exact) mass is 760 g/mol. The van der Waals surface area contributed by atoms with E-state index in [-0.39, 0.29) is 38.8 Å². The van der Waals surface area contributed by atoms with Crippen LogP contribution in [-0.2, 0) is 40.1 Å². The molecule has 0 saturated carbocycles. The summed E-state index contributed by atoms with van der Waals surface area (Å²) in [7, 11) is -19.8. The van der Waals surface area contributed by atoms with E-state index in [1.54, 1.807) is 27.7 Å². The molecule has 4 aromatic carbocycles. The van der Waals surface area contributed by atoms with Crippen LogP contribution in [0.4, 0.5) is 0 Å². The average molecular weight is 761 g/mol. The molecule has 0 N–H and O–H groups in total. The minimum absolute atomic E-state index is 0.172. The van der Waals surface area contributed by atoms with E-state index in [0.29, 0.717) is 13.8 Å². The molecule has 0 fully saturated rings. The van der Waals surface area contributed by atoms with E-state index in [1.807, 2.05) is 6.92 Å². The fourth-order valence-corrected chi connectivity index (χ4v) is 14.0. The number of hydrogen-bond donors (Lipinski definition) is 0. The summed E-state index contributed by atoms with van der Waals surface area (Å²) in [5, 5.41) is 0. The number of rotatable bonds is 15. The van der Waals surface area contributed by atoms with Gasteiger partial charge in [-0.05, 0) is 89.1 Å². The summed E-state index contributed by atoms with van der Waals surface area (Å²) in [5.41, 5.74) is 2.91. The van der Waals surface area contributed by atoms with E-state index in [9.17, 15) is 33.7 Å². The molecule has 270 valence electrons. The maximum absolute atomic E-state index is 14.7. The van der Waals surface area contributed by atoms with Gasteiger partial charge >= 0.3 is 0 Å². The summed E-state index contributed by atoms with van der Waals surface area (Å²) >= 11 is 0. The number of unbranched alkanes of at least 4 members (excludes halogenated alkanes) is 1. The summed E-state index contributed by atoms with van der Waals surface area (Å²) in [6.45, 7) is 10.3. The lowest BCUT2D eigenvalue weighted by Gasteiger charge is -2.39. The zero-order valence-corrected chi connectivity index (χ0v) is 32.3. The van der Waals surface area contributed by atoms with Crippen molar-refractivity contribution in [3.05, 3.63) is 119 Å². The Morgan fingerprint density at radius 2 is 0.660 bits per heavy atom. The molecule has 14 heteroatoms. The summed E-state index contributed by atoms with van der Waals surface area (Å²) < 4.78 is 118. The first-order chi connectivity index (χ1) is 23.4. The molecule has 4 aromatic rings. The molecule has 0 aliphatic carbocycles. The van der Waals surface area contributed by atoms with Crippen molar-refractivity contribution in [2.45, 2.75) is 98.9 Å². The van der Waals surface area contributed by atoms with E-state index < -0.39 is 52.2 Å². The minimum atomic E-state index is -4.95. The highest BCUT2D eigenvalue weighted by Gasteiger charge is 2.51. The predicted molar refractivity (Wildman–Crippen MR) is 195 cm³/mol. The second-order valence-corrected chi connectivity index (χ2v) is 20.1. The van der Waals surface area contributed by atoms with Gasteiger partial charge < -0.3 is 0 Å². The van der Waals surface area contributed by atoms with E-state index in [1.165, 1.54) is 104 Å². The van der Waals surface area contributed by atoms with Crippen molar-refractivity contribution in [2.24, 2.45) is 0 Å². The number of sulfonamides is 4. The van der Waals surface area contributed by atoms with Gasteiger partial charge in [-0.3, -0.25) is 0 Å². The van der Waals surface area contributed by atoms with E-state index in [2.05, 4.69) is 0 Å². The Bertz CT molecular complexity index is 2070. The molecule has 0 bridgehead atoms. The standard InChI is InChI=1S/C36H44N2O8S4/c1-7-9-10-36(38(49(43,44)33-23-15-29(5)16-24-33)50(45,46)34-25-17-30(6)18-26-34)35(8-2)37(47(39,40)31-19-11-27(3)12-20-31)48(41,42)32-21-13-28(4)14-22-32/h11-26,35-36H,7-10H2,1-6H3/t35-,36+/m0/s1. The van der Waals surface area contributed by atoms with Crippen LogP contribution in [-0.4, -0.2) is 53.2 Å². The quantitative estimate of drug-likeness (QED) is 0.130. The van der Waals surface area contributed by atoms with Gasteiger partial charge in [-0.2, -0.15) is 0 Å². The topological polar surface area (TPSA) is 143 Å². The molecule has 0 spiro atoms. The maximum atomic E-state index is 14.7. The van der Waals surface area contributed by atoms with Crippen molar-refractivity contribution >= 4 is 40.1 Å². The molecule has 0 saturated heterocycles. The van der Waals surface area contributed by atoms with Crippen LogP contribution in [0.5, 0.6) is 0 Å². The van der Waals surface area contributed by atoms with E-state index in [0.717, 1.165) is 22.3 Å². The van der Waals surface area contributed by atoms with Crippen LogP contribution >= 0.6 is 0 Å². The highest BCUT2D eigenvalue weighted by molar-refractivity contribution is 8.04. The summed E-state index contributed by atoms with van der Waals surface area (Å²) in [6.07, 6.45) is 0.307. The van der Waals surface area contributed by atoms with Crippen LogP contribution < -0.4 is 0 Å². The summed E-state index contributed by atoms with van der Waals surface area (Å²) in [4.78, 5) is -1.38. The highest BCUT2D eigenvalue weighted by atomic mass is 32.3. The first-order valence-electron chi connectivity index (χ1n) is 16.2. The fourth-order valence-electron chi connectivity index (χ4n) is 5.64. The Balaban J connectivity index is 2.11. The molecule has 0 aliphatic heterocycles. The maximum Gasteiger partial charge on any atom is 0.256 e. The fraction of sp³-hybridized carbons (Fsp3) is 0.333. The van der Waals surface area contributed by atoms with Gasteiger partial charge in [0, 0.05) is 0 Å². The molecular formula is C36H44N2O8S4. The van der Waals surface area contributed by atoms with Crippen LogP contribution in [0.3, 0.4) is 0 Å². The lowest BCUT2D eigenvalue weighted by molar-refractivity contribution is 0.269. The Morgan fingerprint density at radius 1 is 0.420 bits per heavy atom. The molecule has 2 atom stereocenters. The number of benzene rings is 4. The molecule has 50 heavy (non-hydrogen) atoms. The van der Waals surface area contributed by atoms with Crippen LogP contribution in [0, 0.1) is 27.7 Å². The van der Waals surface area contributed by atoms with Gasteiger partial charge in [0.05, 0.1) is 31.7 Å². The third-order valence-corrected chi connectivity index (χ3v) is 17.3. The van der Waals surface area contributed by atoms with Crippen molar-refractivity contribution < 1.29 is 33.7 Å². The Labute approximate surface area is 298 Å². The lowest BCUT2D eigenvalue weighted by Crippen LogP contribution is -2.57. The SMILES string of the molecule is CCCC[C@H]([C@H](CC)N(S(=O)(=O)c1ccc(C)cc1)S(=O)(=O)c1ccc(C)cc1)N(S(=O)(=O)c1ccc(C)cc1)S(=O)(=O)c1ccc(C)cc1. The Kier molecular flexibility index (Phi) is 12.2. The van der Waals surface area contributed by atoms with Crippen molar-refractivity contribution in [1.82, 2.24) is 7.42 Å². The van der Waals surface area contributed by atoms with Crippen molar-refractivity contribution in [3.63, 3.8) is 0 Å². The van der Waals surface area contributed by atoms with Crippen molar-refractivity contribution in [1.29, 1.82) is 0 Å². The van der Waals surface area contributed by atoms with Crippen LogP contribution in [0.2, 0.25) is 0 Å². The third-order valence-electron chi connectivity index (χ3n) is 8.48. The van der Waals surface area contributed by atoms with Gasteiger partial charge in [0.25, 0.3) is 40.1 Å². The molecule has 0 amide bonds. The number of hydrogen-bond acceptors (Lipinski definition) is 8. The second-order valence-electron chi connectivity index (χ2n) is 12.4. The van der Waals surface area contributed by atoms with Gasteiger partial charge in [-0.25, -0.2) is 33.7 Å². The highest BCUT2D eigenvalue weighted by Crippen LogP contribution is 2.37. The number of nitrogens with zero attached hydrogens (tertiary/aromatic N) is 2. The zero-order chi connectivity index (χ0) is 37.1. The molecule has 0 heterocycles. The van der Waals surface area contributed by atoms with E-state index in [4.69, 9.17) is 0 Å². The van der Waals surface area contributed by atoms with Crippen molar-refractivity contribution in [2.75, 3.05) is 0 Å². The Hall–Kier alpha value is -3.40. The molecule has 0 aliphatic rings.